The average Bonchev–Trinajstić information content (AvgIpc) is 2.79. The van der Waals surface area contributed by atoms with Crippen LogP contribution in [-0.2, 0) is 10.0 Å². The Balaban J connectivity index is 1.50. The van der Waals surface area contributed by atoms with Crippen molar-refractivity contribution in [3.63, 3.8) is 0 Å². The van der Waals surface area contributed by atoms with Crippen LogP contribution in [0.3, 0.4) is 0 Å². The standard InChI is InChI=1S/C21H26ClN5O4S/c1-23-8-10-25(11-9-23)21-16-18(4-7-20(21)27(28)29)24-12-14-26(15-13-24)32(30,31)19-5-2-17(22)3-6-19/h2-7,16H,8-15H2,1H3. The van der Waals surface area contributed by atoms with Crippen molar-refractivity contribution in [3.05, 3.63) is 57.6 Å². The number of sulfonamides is 1. The summed E-state index contributed by atoms with van der Waals surface area (Å²) in [7, 11) is -1.55. The van der Waals surface area contributed by atoms with E-state index in [1.807, 2.05) is 13.1 Å². The van der Waals surface area contributed by atoms with E-state index in [2.05, 4.69) is 14.7 Å². The molecule has 2 aromatic rings. The number of nitro groups is 1. The molecule has 0 atom stereocenters. The third-order valence-electron chi connectivity index (χ3n) is 6.05. The van der Waals surface area contributed by atoms with Gasteiger partial charge < -0.3 is 14.7 Å². The van der Waals surface area contributed by atoms with Crippen LogP contribution in [0.5, 0.6) is 0 Å². The van der Waals surface area contributed by atoms with Crippen LogP contribution in [-0.4, -0.2) is 82.0 Å². The monoisotopic (exact) mass is 479 g/mol. The summed E-state index contributed by atoms with van der Waals surface area (Å²) < 4.78 is 27.3. The van der Waals surface area contributed by atoms with Crippen LogP contribution in [0.4, 0.5) is 17.1 Å². The summed E-state index contributed by atoms with van der Waals surface area (Å²) in [6, 6.07) is 11.3. The predicted octanol–water partition coefficient (Wildman–Crippen LogP) is 2.51. The molecule has 11 heteroatoms. The quantitative estimate of drug-likeness (QED) is 0.480. The van der Waals surface area contributed by atoms with Crippen molar-refractivity contribution in [1.82, 2.24) is 9.21 Å². The fraction of sp³-hybridized carbons (Fsp3) is 0.429. The Labute approximate surface area is 193 Å². The Hall–Kier alpha value is -2.40. The summed E-state index contributed by atoms with van der Waals surface area (Å²) in [5.74, 6) is 0. The van der Waals surface area contributed by atoms with E-state index in [9.17, 15) is 18.5 Å². The molecule has 32 heavy (non-hydrogen) atoms. The number of anilines is 2. The number of hydrogen-bond donors (Lipinski definition) is 0. The van der Waals surface area contributed by atoms with Gasteiger partial charge in [0.25, 0.3) is 5.69 Å². The summed E-state index contributed by atoms with van der Waals surface area (Å²) in [4.78, 5) is 17.8. The second-order valence-corrected chi connectivity index (χ2v) is 10.4. The second kappa shape index (κ2) is 9.22. The molecule has 2 heterocycles. The maximum atomic E-state index is 12.9. The molecule has 9 nitrogen and oxygen atoms in total. The maximum absolute atomic E-state index is 12.9. The van der Waals surface area contributed by atoms with Crippen LogP contribution in [0.15, 0.2) is 47.4 Å². The molecule has 172 valence electrons. The van der Waals surface area contributed by atoms with Crippen molar-refractivity contribution in [2.24, 2.45) is 0 Å². The van der Waals surface area contributed by atoms with Gasteiger partial charge in [-0.25, -0.2) is 8.42 Å². The number of rotatable bonds is 5. The highest BCUT2D eigenvalue weighted by Crippen LogP contribution is 2.34. The Morgan fingerprint density at radius 1 is 0.875 bits per heavy atom. The summed E-state index contributed by atoms with van der Waals surface area (Å²) in [6.07, 6.45) is 0. The summed E-state index contributed by atoms with van der Waals surface area (Å²) in [5, 5.41) is 12.1. The van der Waals surface area contributed by atoms with E-state index in [0.717, 1.165) is 31.9 Å². The molecule has 0 unspecified atom stereocenters. The third kappa shape index (κ3) is 4.68. The van der Waals surface area contributed by atoms with Gasteiger partial charge in [0.1, 0.15) is 5.69 Å². The Morgan fingerprint density at radius 3 is 2.06 bits per heavy atom. The molecule has 0 spiro atoms. The van der Waals surface area contributed by atoms with Gasteiger partial charge >= 0.3 is 0 Å². The zero-order chi connectivity index (χ0) is 22.9. The first-order chi connectivity index (χ1) is 15.3. The lowest BCUT2D eigenvalue weighted by Gasteiger charge is -2.37. The van der Waals surface area contributed by atoms with Gasteiger partial charge in [-0.05, 0) is 43.4 Å². The molecule has 0 bridgehead atoms. The smallest absolute Gasteiger partial charge is 0.292 e. The molecular formula is C21H26ClN5O4S. The van der Waals surface area contributed by atoms with Crippen LogP contribution in [0.2, 0.25) is 5.02 Å². The zero-order valence-electron chi connectivity index (χ0n) is 17.9. The van der Waals surface area contributed by atoms with Crippen molar-refractivity contribution < 1.29 is 13.3 Å². The molecule has 2 aliphatic rings. The van der Waals surface area contributed by atoms with E-state index in [0.29, 0.717) is 36.9 Å². The number of nitrogens with zero attached hydrogens (tertiary/aromatic N) is 5. The van der Waals surface area contributed by atoms with Gasteiger partial charge in [0.05, 0.1) is 9.82 Å². The first kappa shape index (κ1) is 22.8. The highest BCUT2D eigenvalue weighted by molar-refractivity contribution is 7.89. The third-order valence-corrected chi connectivity index (χ3v) is 8.22. The van der Waals surface area contributed by atoms with E-state index < -0.39 is 10.0 Å². The molecular weight excluding hydrogens is 454 g/mol. The van der Waals surface area contributed by atoms with Crippen LogP contribution in [0.25, 0.3) is 0 Å². The van der Waals surface area contributed by atoms with Gasteiger partial charge in [0.15, 0.2) is 0 Å². The van der Waals surface area contributed by atoms with Crippen LogP contribution >= 0.6 is 11.6 Å². The number of hydrogen-bond acceptors (Lipinski definition) is 7. The maximum Gasteiger partial charge on any atom is 0.292 e. The fourth-order valence-corrected chi connectivity index (χ4v) is 5.65. The Bertz CT molecular complexity index is 1080. The van der Waals surface area contributed by atoms with Gasteiger partial charge in [-0.2, -0.15) is 4.31 Å². The first-order valence-corrected chi connectivity index (χ1v) is 12.3. The largest absolute Gasteiger partial charge is 0.369 e. The highest BCUT2D eigenvalue weighted by Gasteiger charge is 2.30. The van der Waals surface area contributed by atoms with Gasteiger partial charge in [-0.15, -0.1) is 0 Å². The van der Waals surface area contributed by atoms with Gasteiger partial charge in [0, 0.05) is 69.1 Å². The molecule has 2 fully saturated rings. The van der Waals surface area contributed by atoms with Crippen LogP contribution in [0.1, 0.15) is 0 Å². The topological polar surface area (TPSA) is 90.2 Å². The first-order valence-electron chi connectivity index (χ1n) is 10.5. The van der Waals surface area contributed by atoms with Crippen LogP contribution < -0.4 is 9.80 Å². The lowest BCUT2D eigenvalue weighted by Crippen LogP contribution is -2.48. The van der Waals surface area contributed by atoms with Crippen molar-refractivity contribution in [3.8, 4) is 0 Å². The molecule has 0 N–H and O–H groups in total. The SMILES string of the molecule is CN1CCN(c2cc(N3CCN(S(=O)(=O)c4ccc(Cl)cc4)CC3)ccc2[N+](=O)[O-])CC1. The summed E-state index contributed by atoms with van der Waals surface area (Å²) >= 11 is 5.88. The number of piperazine rings is 2. The number of benzene rings is 2. The molecule has 0 saturated carbocycles. The van der Waals surface area contributed by atoms with Gasteiger partial charge in [-0.1, -0.05) is 11.6 Å². The molecule has 2 aliphatic heterocycles. The molecule has 2 aromatic carbocycles. The Morgan fingerprint density at radius 2 is 1.47 bits per heavy atom. The van der Waals surface area contributed by atoms with Crippen molar-refractivity contribution in [2.75, 3.05) is 69.2 Å². The molecule has 0 amide bonds. The minimum absolute atomic E-state index is 0.0993. The predicted molar refractivity (Wildman–Crippen MR) is 125 cm³/mol. The van der Waals surface area contributed by atoms with E-state index in [4.69, 9.17) is 11.6 Å². The van der Waals surface area contributed by atoms with Crippen molar-refractivity contribution >= 4 is 38.7 Å². The zero-order valence-corrected chi connectivity index (χ0v) is 19.4. The van der Waals surface area contributed by atoms with Gasteiger partial charge in [-0.3, -0.25) is 10.1 Å². The van der Waals surface area contributed by atoms with Gasteiger partial charge in [0.2, 0.25) is 10.0 Å². The lowest BCUT2D eigenvalue weighted by molar-refractivity contribution is -0.384. The average molecular weight is 480 g/mol. The highest BCUT2D eigenvalue weighted by atomic mass is 35.5. The molecule has 2 saturated heterocycles. The minimum atomic E-state index is -3.59. The van der Waals surface area contributed by atoms with E-state index in [-0.39, 0.29) is 15.5 Å². The molecule has 0 aliphatic carbocycles. The van der Waals surface area contributed by atoms with E-state index in [1.54, 1.807) is 24.3 Å². The lowest BCUT2D eigenvalue weighted by atomic mass is 10.1. The van der Waals surface area contributed by atoms with Crippen LogP contribution in [0, 0.1) is 10.1 Å². The molecule has 0 radical (unpaired) electrons. The molecule has 4 rings (SSSR count). The second-order valence-electron chi connectivity index (χ2n) is 8.07. The Kier molecular flexibility index (Phi) is 6.57. The normalized spacial score (nSPS) is 18.7. The fourth-order valence-electron chi connectivity index (χ4n) is 4.11. The molecule has 0 aromatic heterocycles. The summed E-state index contributed by atoms with van der Waals surface area (Å²) in [5.41, 5.74) is 1.59. The van der Waals surface area contributed by atoms with Crippen molar-refractivity contribution in [2.45, 2.75) is 4.90 Å². The number of halogens is 1. The summed E-state index contributed by atoms with van der Waals surface area (Å²) in [6.45, 7) is 4.85. The number of likely N-dealkylation sites (N-methyl/N-ethyl adjacent to an activating group) is 1. The van der Waals surface area contributed by atoms with E-state index >= 15 is 0 Å². The number of nitro benzene ring substituents is 1. The van der Waals surface area contributed by atoms with Crippen molar-refractivity contribution in [1.29, 1.82) is 0 Å². The minimum Gasteiger partial charge on any atom is -0.369 e. The van der Waals surface area contributed by atoms with E-state index in [1.165, 1.54) is 16.4 Å².